The Hall–Kier alpha value is -5.61. The third-order valence-electron chi connectivity index (χ3n) is 12.7. The standard InChI is InChI=1S/C26H30N2O6.C21H20N2O4/c1-4-20(33-26-24(31)23(30)14(3)21(12-29)34-26)17-10-19-22-16(11-28(19)25(32)13(17)2)9-15-7-5-6-8-18(15)27-22;1-3-14-15(21(27,4-2)20(25)26)10-17-18-13(11-23(17)19(14)24)9-12-7-5-6-8-16(12)22-18/h5-10,14,20-21,23-24,26,29-31H,4,11-12H2,1-3H3;5-10,27H,3-4,11H2,1-2H3,(H,25,26)/t14?,20-,21?,23?,24?,26?;21-/m01/s1. The second-order valence-corrected chi connectivity index (χ2v) is 16.2. The zero-order valence-electron chi connectivity index (χ0n) is 34.7. The fourth-order valence-electron chi connectivity index (χ4n) is 8.95. The Bertz CT molecular complexity index is 2820. The lowest BCUT2D eigenvalue weighted by Crippen LogP contribution is -2.55. The number of aliphatic hydroxyl groups is 4. The van der Waals surface area contributed by atoms with Crippen molar-refractivity contribution >= 4 is 27.8 Å². The number of aromatic nitrogens is 4. The van der Waals surface area contributed by atoms with E-state index in [4.69, 9.17) is 19.4 Å². The summed E-state index contributed by atoms with van der Waals surface area (Å²) in [4.78, 5) is 47.7. The maximum absolute atomic E-state index is 13.3. The second kappa shape index (κ2) is 16.3. The molecule has 1 fully saturated rings. The summed E-state index contributed by atoms with van der Waals surface area (Å²) in [6, 6.07) is 23.2. The number of carbonyl (C=O) groups is 1. The fourth-order valence-corrected chi connectivity index (χ4v) is 8.95. The first-order chi connectivity index (χ1) is 29.2. The number of ether oxygens (including phenoxy) is 2. The first-order valence-electron chi connectivity index (χ1n) is 20.8. The van der Waals surface area contributed by atoms with Gasteiger partial charge in [0, 0.05) is 44.5 Å². The van der Waals surface area contributed by atoms with Gasteiger partial charge in [0.15, 0.2) is 11.9 Å². The number of para-hydroxylation sites is 2. The minimum Gasteiger partial charge on any atom is -0.479 e. The third-order valence-corrected chi connectivity index (χ3v) is 12.7. The number of pyridine rings is 4. The lowest BCUT2D eigenvalue weighted by molar-refractivity contribution is -0.301. The van der Waals surface area contributed by atoms with Crippen molar-refractivity contribution in [2.24, 2.45) is 5.92 Å². The Labute approximate surface area is 351 Å². The van der Waals surface area contributed by atoms with Crippen LogP contribution in [0.2, 0.25) is 0 Å². The van der Waals surface area contributed by atoms with Crippen LogP contribution >= 0.6 is 0 Å². The molecule has 7 atom stereocenters. The second-order valence-electron chi connectivity index (χ2n) is 16.2. The maximum atomic E-state index is 13.3. The van der Waals surface area contributed by atoms with E-state index in [1.54, 1.807) is 42.9 Å². The Balaban J connectivity index is 0.000000173. The number of fused-ring (bicyclic) bond motifs is 8. The first-order valence-corrected chi connectivity index (χ1v) is 20.8. The summed E-state index contributed by atoms with van der Waals surface area (Å²) in [6.45, 7) is 9.36. The lowest BCUT2D eigenvalue weighted by atomic mass is 9.86. The topological polar surface area (TPSA) is 206 Å². The number of carboxylic acids is 1. The van der Waals surface area contributed by atoms with Crippen molar-refractivity contribution < 1.29 is 39.8 Å². The summed E-state index contributed by atoms with van der Waals surface area (Å²) in [5.41, 5.74) is 5.62. The quantitative estimate of drug-likeness (QED) is 0.131. The number of hydrogen-bond acceptors (Lipinski definition) is 11. The van der Waals surface area contributed by atoms with E-state index >= 15 is 0 Å². The van der Waals surface area contributed by atoms with E-state index in [0.717, 1.165) is 44.3 Å². The highest BCUT2D eigenvalue weighted by Gasteiger charge is 2.44. The van der Waals surface area contributed by atoms with Crippen molar-refractivity contribution in [2.45, 2.75) is 103 Å². The molecule has 14 heteroatoms. The van der Waals surface area contributed by atoms with Crippen molar-refractivity contribution in [1.82, 2.24) is 19.1 Å². The largest absolute Gasteiger partial charge is 0.479 e. The predicted molar refractivity (Wildman–Crippen MR) is 228 cm³/mol. The van der Waals surface area contributed by atoms with E-state index in [2.05, 4.69) is 6.07 Å². The van der Waals surface area contributed by atoms with Gasteiger partial charge >= 0.3 is 5.97 Å². The van der Waals surface area contributed by atoms with E-state index in [9.17, 15) is 39.9 Å². The average molecular weight is 831 g/mol. The Morgan fingerprint density at radius 1 is 0.869 bits per heavy atom. The number of benzene rings is 2. The minimum atomic E-state index is -2.10. The van der Waals surface area contributed by atoms with Gasteiger partial charge in [0.2, 0.25) is 0 Å². The molecule has 0 bridgehead atoms. The number of aliphatic hydroxyl groups excluding tert-OH is 3. The SMILES string of the molecule is CC[C@H](OC1OC(CO)C(C)C(O)C1O)c1cc2n(c(=O)c1C)Cc1cc3ccccc3nc1-2.CCc1c([C@](O)(CC)C(=O)O)cc2n(c1=O)Cc1cc3ccccc3nc1-2. The van der Waals surface area contributed by atoms with Crippen LogP contribution in [0.5, 0.6) is 0 Å². The lowest BCUT2D eigenvalue weighted by Gasteiger charge is -2.41. The van der Waals surface area contributed by atoms with Crippen LogP contribution in [-0.4, -0.2) is 81.8 Å². The highest BCUT2D eigenvalue weighted by molar-refractivity contribution is 5.86. The van der Waals surface area contributed by atoms with Gasteiger partial charge in [-0.2, -0.15) is 0 Å². The minimum absolute atomic E-state index is 0.0315. The van der Waals surface area contributed by atoms with Gasteiger partial charge in [-0.05, 0) is 68.1 Å². The van der Waals surface area contributed by atoms with Gasteiger partial charge in [-0.3, -0.25) is 9.59 Å². The molecule has 318 valence electrons. The fraction of sp³-hybridized carbons (Fsp3) is 0.383. The van der Waals surface area contributed by atoms with Crippen LogP contribution < -0.4 is 11.1 Å². The summed E-state index contributed by atoms with van der Waals surface area (Å²) >= 11 is 0. The molecule has 14 nitrogen and oxygen atoms in total. The molecule has 0 spiro atoms. The van der Waals surface area contributed by atoms with Crippen LogP contribution in [0.15, 0.2) is 82.4 Å². The molecule has 2 aromatic carbocycles. The normalized spacial score (nSPS) is 21.5. The molecule has 5 unspecified atom stereocenters. The zero-order chi connectivity index (χ0) is 43.5. The number of rotatable bonds is 9. The maximum Gasteiger partial charge on any atom is 0.340 e. The highest BCUT2D eigenvalue weighted by Crippen LogP contribution is 2.38. The molecule has 0 saturated carbocycles. The highest BCUT2D eigenvalue weighted by atomic mass is 16.7. The van der Waals surface area contributed by atoms with Gasteiger partial charge in [-0.15, -0.1) is 0 Å². The van der Waals surface area contributed by atoms with Crippen molar-refractivity contribution in [3.05, 3.63) is 127 Å². The van der Waals surface area contributed by atoms with Crippen molar-refractivity contribution in [1.29, 1.82) is 0 Å². The number of nitrogens with zero attached hydrogens (tertiary/aromatic N) is 4. The average Bonchev–Trinajstić information content (AvgIpc) is 3.82. The molecule has 9 rings (SSSR count). The molecule has 6 aromatic rings. The van der Waals surface area contributed by atoms with Crippen LogP contribution in [0.4, 0.5) is 0 Å². The van der Waals surface area contributed by atoms with E-state index in [1.807, 2.05) is 67.6 Å². The van der Waals surface area contributed by atoms with Crippen LogP contribution in [0, 0.1) is 12.8 Å². The van der Waals surface area contributed by atoms with Crippen molar-refractivity contribution in [2.75, 3.05) is 6.61 Å². The molecular formula is C47H50N4O10. The first kappa shape index (κ1) is 42.1. The monoisotopic (exact) mass is 830 g/mol. The molecule has 61 heavy (non-hydrogen) atoms. The van der Waals surface area contributed by atoms with E-state index in [0.29, 0.717) is 54.0 Å². The molecule has 7 heterocycles. The van der Waals surface area contributed by atoms with Gasteiger partial charge in [0.25, 0.3) is 11.1 Å². The van der Waals surface area contributed by atoms with E-state index < -0.39 is 48.2 Å². The number of aliphatic carboxylic acids is 1. The molecule has 0 amide bonds. The van der Waals surface area contributed by atoms with Gasteiger partial charge in [-0.25, -0.2) is 14.8 Å². The molecule has 3 aliphatic heterocycles. The molecule has 1 saturated heterocycles. The summed E-state index contributed by atoms with van der Waals surface area (Å²) in [5.74, 6) is -1.79. The molecule has 5 N–H and O–H groups in total. The molecular weight excluding hydrogens is 781 g/mol. The number of hydrogen-bond donors (Lipinski definition) is 5. The van der Waals surface area contributed by atoms with Crippen molar-refractivity contribution in [3.63, 3.8) is 0 Å². The van der Waals surface area contributed by atoms with Crippen LogP contribution in [0.3, 0.4) is 0 Å². The molecule has 3 aliphatic rings. The van der Waals surface area contributed by atoms with Gasteiger partial charge < -0.3 is 44.1 Å². The van der Waals surface area contributed by atoms with Gasteiger partial charge in [-0.1, -0.05) is 64.1 Å². The summed E-state index contributed by atoms with van der Waals surface area (Å²) in [7, 11) is 0. The third kappa shape index (κ3) is 7.06. The molecule has 4 aromatic heterocycles. The van der Waals surface area contributed by atoms with E-state index in [1.165, 1.54) is 0 Å². The van der Waals surface area contributed by atoms with Crippen LogP contribution in [0.1, 0.15) is 80.0 Å². The van der Waals surface area contributed by atoms with E-state index in [-0.39, 0.29) is 29.7 Å². The van der Waals surface area contributed by atoms with Crippen LogP contribution in [0.25, 0.3) is 44.6 Å². The van der Waals surface area contributed by atoms with Gasteiger partial charge in [0.05, 0.1) is 71.8 Å². The summed E-state index contributed by atoms with van der Waals surface area (Å²) in [5, 5.41) is 53.0. The van der Waals surface area contributed by atoms with Gasteiger partial charge in [0.1, 0.15) is 6.10 Å². The Morgan fingerprint density at radius 3 is 1.95 bits per heavy atom. The molecule has 0 radical (unpaired) electrons. The smallest absolute Gasteiger partial charge is 0.340 e. The van der Waals surface area contributed by atoms with Crippen LogP contribution in [-0.2, 0) is 39.4 Å². The predicted octanol–water partition coefficient (Wildman–Crippen LogP) is 4.95. The summed E-state index contributed by atoms with van der Waals surface area (Å²) in [6.07, 6.45) is -3.87. The van der Waals surface area contributed by atoms with Crippen molar-refractivity contribution in [3.8, 4) is 22.8 Å². The number of carboxylic acid groups (broad SMARTS) is 1. The Morgan fingerprint density at radius 2 is 1.43 bits per heavy atom. The Kier molecular flexibility index (Phi) is 11.3. The zero-order valence-corrected chi connectivity index (χ0v) is 34.7. The summed E-state index contributed by atoms with van der Waals surface area (Å²) < 4.78 is 15.3. The molecule has 0 aliphatic carbocycles.